The van der Waals surface area contributed by atoms with Crippen LogP contribution in [0, 0.1) is 3.57 Å². The first-order chi connectivity index (χ1) is 11.2. The van der Waals surface area contributed by atoms with Crippen LogP contribution in [0.1, 0.15) is 6.42 Å². The molecule has 1 aliphatic rings. The van der Waals surface area contributed by atoms with Crippen LogP contribution in [0.15, 0.2) is 42.5 Å². The Morgan fingerprint density at radius 2 is 1.96 bits per heavy atom. The van der Waals surface area contributed by atoms with Gasteiger partial charge < -0.3 is 19.5 Å². The molecule has 0 atom stereocenters. The average Bonchev–Trinajstić information content (AvgIpc) is 2.78. The lowest BCUT2D eigenvalue weighted by Gasteiger charge is -2.11. The number of benzene rings is 2. The van der Waals surface area contributed by atoms with Gasteiger partial charge in [-0.1, -0.05) is 6.07 Å². The third-order valence-corrected chi connectivity index (χ3v) is 3.87. The van der Waals surface area contributed by atoms with Crippen molar-refractivity contribution in [2.24, 2.45) is 0 Å². The number of anilines is 1. The summed E-state index contributed by atoms with van der Waals surface area (Å²) in [7, 11) is 0. The predicted octanol–water partition coefficient (Wildman–Crippen LogP) is 3.47. The molecule has 0 radical (unpaired) electrons. The Hall–Kier alpha value is -1.96. The summed E-state index contributed by atoms with van der Waals surface area (Å²) in [5.74, 6) is 1.80. The number of fused-ring (bicyclic) bond motifs is 1. The molecule has 6 heteroatoms. The number of hydrogen-bond donors (Lipinski definition) is 1. The molecule has 23 heavy (non-hydrogen) atoms. The van der Waals surface area contributed by atoms with Gasteiger partial charge in [0.1, 0.15) is 5.75 Å². The van der Waals surface area contributed by atoms with Crippen LogP contribution in [0.5, 0.6) is 17.2 Å². The fourth-order valence-corrected chi connectivity index (χ4v) is 2.66. The molecule has 0 aliphatic carbocycles. The van der Waals surface area contributed by atoms with E-state index in [9.17, 15) is 4.79 Å². The Balaban J connectivity index is 1.58. The van der Waals surface area contributed by atoms with Gasteiger partial charge in [0, 0.05) is 21.7 Å². The summed E-state index contributed by atoms with van der Waals surface area (Å²) in [4.78, 5) is 12.0. The minimum atomic E-state index is -0.224. The predicted molar refractivity (Wildman–Crippen MR) is 95.3 cm³/mol. The fourth-order valence-electron chi connectivity index (χ4n) is 2.14. The highest BCUT2D eigenvalue weighted by atomic mass is 127. The average molecular weight is 425 g/mol. The largest absolute Gasteiger partial charge is 0.490 e. The number of carbonyl (C=O) groups excluding carboxylic acids is 1. The molecule has 1 aliphatic heterocycles. The molecule has 2 aromatic carbocycles. The van der Waals surface area contributed by atoms with Gasteiger partial charge in [0.25, 0.3) is 5.91 Å². The monoisotopic (exact) mass is 425 g/mol. The number of nitrogens with one attached hydrogen (secondary N) is 1. The molecular formula is C17H16INO4. The van der Waals surface area contributed by atoms with Gasteiger partial charge >= 0.3 is 0 Å². The van der Waals surface area contributed by atoms with Crippen molar-refractivity contribution in [3.63, 3.8) is 0 Å². The summed E-state index contributed by atoms with van der Waals surface area (Å²) in [5, 5.41) is 2.80. The molecule has 1 heterocycles. The second kappa shape index (κ2) is 7.54. The van der Waals surface area contributed by atoms with E-state index in [1.54, 1.807) is 18.2 Å². The van der Waals surface area contributed by atoms with Crippen molar-refractivity contribution >= 4 is 34.2 Å². The van der Waals surface area contributed by atoms with E-state index in [-0.39, 0.29) is 12.5 Å². The van der Waals surface area contributed by atoms with Crippen molar-refractivity contribution < 1.29 is 19.0 Å². The van der Waals surface area contributed by atoms with Crippen LogP contribution in [0.4, 0.5) is 5.69 Å². The van der Waals surface area contributed by atoms with Gasteiger partial charge in [-0.25, -0.2) is 0 Å². The second-order valence-electron chi connectivity index (χ2n) is 5.01. The van der Waals surface area contributed by atoms with Crippen LogP contribution in [-0.4, -0.2) is 25.7 Å². The van der Waals surface area contributed by atoms with E-state index in [0.717, 1.165) is 9.99 Å². The van der Waals surface area contributed by atoms with E-state index >= 15 is 0 Å². The van der Waals surface area contributed by atoms with Gasteiger partial charge in [-0.15, -0.1) is 0 Å². The molecule has 0 saturated carbocycles. The van der Waals surface area contributed by atoms with Crippen molar-refractivity contribution in [1.82, 2.24) is 0 Å². The Morgan fingerprint density at radius 1 is 1.13 bits per heavy atom. The van der Waals surface area contributed by atoms with Gasteiger partial charge in [-0.2, -0.15) is 0 Å². The minimum Gasteiger partial charge on any atom is -0.490 e. The summed E-state index contributed by atoms with van der Waals surface area (Å²) >= 11 is 2.20. The Labute approximate surface area is 148 Å². The van der Waals surface area contributed by atoms with E-state index in [1.807, 2.05) is 24.3 Å². The maximum Gasteiger partial charge on any atom is 0.262 e. The Kier molecular flexibility index (Phi) is 5.22. The zero-order valence-corrected chi connectivity index (χ0v) is 14.5. The molecule has 0 saturated heterocycles. The normalized spacial score (nSPS) is 13.1. The van der Waals surface area contributed by atoms with Gasteiger partial charge in [-0.05, 0) is 52.9 Å². The van der Waals surface area contributed by atoms with Gasteiger partial charge in [-0.3, -0.25) is 4.79 Å². The Morgan fingerprint density at radius 3 is 2.78 bits per heavy atom. The standard InChI is InChI=1S/C17H16INO4/c18-12-3-1-4-14(9-12)23-11-17(20)19-13-5-6-15-16(10-13)22-8-2-7-21-15/h1,3-6,9-10H,2,7-8,11H2,(H,19,20). The lowest BCUT2D eigenvalue weighted by Crippen LogP contribution is -2.20. The molecule has 1 amide bonds. The molecule has 120 valence electrons. The quantitative estimate of drug-likeness (QED) is 0.763. The highest BCUT2D eigenvalue weighted by molar-refractivity contribution is 14.1. The van der Waals surface area contributed by atoms with Crippen LogP contribution in [-0.2, 0) is 4.79 Å². The van der Waals surface area contributed by atoms with Crippen molar-refractivity contribution in [1.29, 1.82) is 0 Å². The summed E-state index contributed by atoms with van der Waals surface area (Å²) in [6.45, 7) is 1.21. The zero-order valence-electron chi connectivity index (χ0n) is 12.4. The SMILES string of the molecule is O=C(COc1cccc(I)c1)Nc1ccc2c(c1)OCCCO2. The minimum absolute atomic E-state index is 0.0471. The van der Waals surface area contributed by atoms with Crippen molar-refractivity contribution in [3.05, 3.63) is 46.0 Å². The van der Waals surface area contributed by atoms with Crippen molar-refractivity contribution in [3.8, 4) is 17.2 Å². The lowest BCUT2D eigenvalue weighted by atomic mass is 10.2. The van der Waals surface area contributed by atoms with Gasteiger partial charge in [0.2, 0.25) is 0 Å². The number of hydrogen-bond acceptors (Lipinski definition) is 4. The third kappa shape index (κ3) is 4.51. The highest BCUT2D eigenvalue weighted by Gasteiger charge is 2.12. The topological polar surface area (TPSA) is 56.8 Å². The molecule has 1 N–H and O–H groups in total. The zero-order chi connectivity index (χ0) is 16.1. The maximum atomic E-state index is 12.0. The van der Waals surface area contributed by atoms with Crippen LogP contribution < -0.4 is 19.5 Å². The van der Waals surface area contributed by atoms with Gasteiger partial charge in [0.15, 0.2) is 18.1 Å². The van der Waals surface area contributed by atoms with E-state index in [1.165, 1.54) is 0 Å². The molecule has 3 rings (SSSR count). The summed E-state index contributed by atoms with van der Waals surface area (Å²) in [6, 6.07) is 12.9. The molecule has 0 unspecified atom stereocenters. The summed E-state index contributed by atoms with van der Waals surface area (Å²) < 4.78 is 17.7. The first-order valence-electron chi connectivity index (χ1n) is 7.28. The molecular weight excluding hydrogens is 409 g/mol. The molecule has 0 spiro atoms. The van der Waals surface area contributed by atoms with Crippen molar-refractivity contribution in [2.75, 3.05) is 25.1 Å². The molecule has 0 bridgehead atoms. The maximum absolute atomic E-state index is 12.0. The first-order valence-corrected chi connectivity index (χ1v) is 8.36. The second-order valence-corrected chi connectivity index (χ2v) is 6.25. The number of amides is 1. The smallest absolute Gasteiger partial charge is 0.262 e. The lowest BCUT2D eigenvalue weighted by molar-refractivity contribution is -0.118. The molecule has 2 aromatic rings. The van der Waals surface area contributed by atoms with E-state index in [0.29, 0.717) is 36.1 Å². The molecule has 0 fully saturated rings. The number of rotatable bonds is 4. The van der Waals surface area contributed by atoms with Crippen LogP contribution in [0.3, 0.4) is 0 Å². The van der Waals surface area contributed by atoms with E-state index in [4.69, 9.17) is 14.2 Å². The summed E-state index contributed by atoms with van der Waals surface area (Å²) in [6.07, 6.45) is 0.847. The first kappa shape index (κ1) is 15.9. The summed E-state index contributed by atoms with van der Waals surface area (Å²) in [5.41, 5.74) is 0.658. The Bertz CT molecular complexity index is 705. The van der Waals surface area contributed by atoms with Crippen molar-refractivity contribution in [2.45, 2.75) is 6.42 Å². The van der Waals surface area contributed by atoms with Crippen LogP contribution >= 0.6 is 22.6 Å². The van der Waals surface area contributed by atoms with Gasteiger partial charge in [0.05, 0.1) is 13.2 Å². The highest BCUT2D eigenvalue weighted by Crippen LogP contribution is 2.32. The number of halogens is 1. The van der Waals surface area contributed by atoms with E-state index in [2.05, 4.69) is 27.9 Å². The number of ether oxygens (including phenoxy) is 3. The molecule has 0 aromatic heterocycles. The molecule has 5 nitrogen and oxygen atoms in total. The van der Waals surface area contributed by atoms with Crippen LogP contribution in [0.25, 0.3) is 0 Å². The van der Waals surface area contributed by atoms with Crippen LogP contribution in [0.2, 0.25) is 0 Å². The van der Waals surface area contributed by atoms with E-state index < -0.39 is 0 Å². The fraction of sp³-hybridized carbons (Fsp3) is 0.235. The third-order valence-electron chi connectivity index (χ3n) is 3.20. The number of carbonyl (C=O) groups is 1.